The number of ether oxygens (including phenoxy) is 2. The number of nitrogens with one attached hydrogen (secondary N) is 1. The fourth-order valence-corrected chi connectivity index (χ4v) is 3.44. The van der Waals surface area contributed by atoms with E-state index in [1.807, 2.05) is 6.07 Å². The van der Waals surface area contributed by atoms with Gasteiger partial charge in [0.15, 0.2) is 11.5 Å². The van der Waals surface area contributed by atoms with Gasteiger partial charge in [-0.05, 0) is 41.5 Å². The van der Waals surface area contributed by atoms with Crippen molar-refractivity contribution in [3.8, 4) is 17.2 Å². The standard InChI is InChI=1S/C19H16N2O2/c1-2-5-15-14(4-1)11-20-19(16-6-3-9-21(15)16)13-7-8-17-18(10-13)23-12-22-17/h1-10,19-20H,11-12H2/t19-/m0/s1. The number of nitrogens with zero attached hydrogens (tertiary/aromatic N) is 1. The summed E-state index contributed by atoms with van der Waals surface area (Å²) in [7, 11) is 0. The van der Waals surface area contributed by atoms with Gasteiger partial charge in [0.25, 0.3) is 0 Å². The predicted octanol–water partition coefficient (Wildman–Crippen LogP) is 3.40. The van der Waals surface area contributed by atoms with Crippen molar-refractivity contribution in [3.63, 3.8) is 0 Å². The molecule has 3 aromatic rings. The summed E-state index contributed by atoms with van der Waals surface area (Å²) in [6.45, 7) is 1.13. The van der Waals surface area contributed by atoms with Crippen molar-refractivity contribution in [1.29, 1.82) is 0 Å². The molecule has 0 fully saturated rings. The summed E-state index contributed by atoms with van der Waals surface area (Å²) < 4.78 is 13.2. The maximum atomic E-state index is 5.54. The molecule has 2 aliphatic rings. The second-order valence-electron chi connectivity index (χ2n) is 5.86. The Morgan fingerprint density at radius 1 is 0.957 bits per heavy atom. The molecule has 1 atom stereocenters. The van der Waals surface area contributed by atoms with Gasteiger partial charge in [-0.1, -0.05) is 24.3 Å². The molecule has 0 saturated heterocycles. The van der Waals surface area contributed by atoms with Crippen molar-refractivity contribution in [2.24, 2.45) is 0 Å². The normalized spacial score (nSPS) is 18.2. The Balaban J connectivity index is 1.63. The summed E-state index contributed by atoms with van der Waals surface area (Å²) in [5.41, 5.74) is 4.95. The van der Waals surface area contributed by atoms with Gasteiger partial charge in [0, 0.05) is 24.1 Å². The van der Waals surface area contributed by atoms with Gasteiger partial charge in [-0.15, -0.1) is 0 Å². The fourth-order valence-electron chi connectivity index (χ4n) is 3.44. The van der Waals surface area contributed by atoms with Crippen LogP contribution < -0.4 is 14.8 Å². The van der Waals surface area contributed by atoms with Crippen LogP contribution in [0.15, 0.2) is 60.8 Å². The fraction of sp³-hybridized carbons (Fsp3) is 0.158. The Labute approximate surface area is 134 Å². The third kappa shape index (κ3) is 1.95. The van der Waals surface area contributed by atoms with E-state index in [4.69, 9.17) is 9.47 Å². The second kappa shape index (κ2) is 4.89. The number of aromatic nitrogens is 1. The van der Waals surface area contributed by atoms with E-state index in [0.29, 0.717) is 6.79 Å². The molecule has 114 valence electrons. The van der Waals surface area contributed by atoms with Crippen LogP contribution in [0.2, 0.25) is 0 Å². The van der Waals surface area contributed by atoms with E-state index < -0.39 is 0 Å². The van der Waals surface area contributed by atoms with Gasteiger partial charge in [-0.2, -0.15) is 0 Å². The highest BCUT2D eigenvalue weighted by atomic mass is 16.7. The first-order chi connectivity index (χ1) is 11.4. The van der Waals surface area contributed by atoms with E-state index in [-0.39, 0.29) is 6.04 Å². The van der Waals surface area contributed by atoms with Gasteiger partial charge in [0.1, 0.15) is 0 Å². The lowest BCUT2D eigenvalue weighted by molar-refractivity contribution is 0.174. The van der Waals surface area contributed by atoms with Crippen LogP contribution in [-0.4, -0.2) is 11.4 Å². The minimum absolute atomic E-state index is 0.117. The molecule has 0 radical (unpaired) electrons. The van der Waals surface area contributed by atoms with Crippen molar-refractivity contribution in [2.45, 2.75) is 12.6 Å². The molecule has 0 spiro atoms. The van der Waals surface area contributed by atoms with Crippen LogP contribution in [0, 0.1) is 0 Å². The van der Waals surface area contributed by atoms with Gasteiger partial charge in [0.05, 0.1) is 6.04 Å². The molecular formula is C19H16N2O2. The van der Waals surface area contributed by atoms with E-state index in [0.717, 1.165) is 18.0 Å². The van der Waals surface area contributed by atoms with Crippen LogP contribution in [0.5, 0.6) is 11.5 Å². The minimum atomic E-state index is 0.117. The van der Waals surface area contributed by atoms with Gasteiger partial charge in [0.2, 0.25) is 6.79 Å². The zero-order chi connectivity index (χ0) is 15.2. The Bertz CT molecular complexity index is 885. The van der Waals surface area contributed by atoms with Crippen molar-refractivity contribution < 1.29 is 9.47 Å². The number of para-hydroxylation sites is 1. The van der Waals surface area contributed by atoms with E-state index in [1.165, 1.54) is 22.5 Å². The monoisotopic (exact) mass is 304 g/mol. The molecule has 2 aromatic carbocycles. The first-order valence-corrected chi connectivity index (χ1v) is 7.78. The molecule has 3 heterocycles. The van der Waals surface area contributed by atoms with E-state index >= 15 is 0 Å². The maximum absolute atomic E-state index is 5.54. The molecule has 0 saturated carbocycles. The van der Waals surface area contributed by atoms with E-state index in [1.54, 1.807) is 0 Å². The number of hydrogen-bond donors (Lipinski definition) is 1. The quantitative estimate of drug-likeness (QED) is 0.748. The number of benzene rings is 2. The van der Waals surface area contributed by atoms with Gasteiger partial charge in [-0.3, -0.25) is 0 Å². The average molecular weight is 304 g/mol. The summed E-state index contributed by atoms with van der Waals surface area (Å²) >= 11 is 0. The first kappa shape index (κ1) is 12.8. The topological polar surface area (TPSA) is 35.4 Å². The number of fused-ring (bicyclic) bond motifs is 4. The molecule has 5 rings (SSSR count). The molecule has 1 N–H and O–H groups in total. The van der Waals surface area contributed by atoms with Crippen LogP contribution >= 0.6 is 0 Å². The highest BCUT2D eigenvalue weighted by Gasteiger charge is 2.24. The Kier molecular flexibility index (Phi) is 2.72. The Morgan fingerprint density at radius 3 is 2.87 bits per heavy atom. The largest absolute Gasteiger partial charge is 0.454 e. The predicted molar refractivity (Wildman–Crippen MR) is 87.0 cm³/mol. The van der Waals surface area contributed by atoms with Crippen LogP contribution in [0.1, 0.15) is 22.9 Å². The number of hydrogen-bond acceptors (Lipinski definition) is 3. The number of rotatable bonds is 1. The highest BCUT2D eigenvalue weighted by molar-refractivity contribution is 5.50. The van der Waals surface area contributed by atoms with Gasteiger partial charge >= 0.3 is 0 Å². The first-order valence-electron chi connectivity index (χ1n) is 7.78. The lowest BCUT2D eigenvalue weighted by atomic mass is 10.0. The van der Waals surface area contributed by atoms with Crippen molar-refractivity contribution in [3.05, 3.63) is 77.6 Å². The van der Waals surface area contributed by atoms with Crippen molar-refractivity contribution in [1.82, 2.24) is 9.88 Å². The summed E-state index contributed by atoms with van der Waals surface area (Å²) in [4.78, 5) is 0. The highest BCUT2D eigenvalue weighted by Crippen LogP contribution is 2.37. The maximum Gasteiger partial charge on any atom is 0.231 e. The van der Waals surface area contributed by atoms with E-state index in [2.05, 4.69) is 64.6 Å². The van der Waals surface area contributed by atoms with Crippen molar-refractivity contribution in [2.75, 3.05) is 6.79 Å². The lowest BCUT2D eigenvalue weighted by Gasteiger charge is -2.18. The molecule has 4 nitrogen and oxygen atoms in total. The summed E-state index contributed by atoms with van der Waals surface area (Å²) in [6, 6.07) is 19.1. The second-order valence-corrected chi connectivity index (χ2v) is 5.86. The molecule has 4 heteroatoms. The molecule has 0 bridgehead atoms. The smallest absolute Gasteiger partial charge is 0.231 e. The molecule has 1 aromatic heterocycles. The van der Waals surface area contributed by atoms with Crippen LogP contribution in [-0.2, 0) is 6.54 Å². The van der Waals surface area contributed by atoms with Gasteiger partial charge in [-0.25, -0.2) is 0 Å². The summed E-state index contributed by atoms with van der Waals surface area (Å²) in [6.07, 6.45) is 2.13. The van der Waals surface area contributed by atoms with Crippen LogP contribution in [0.4, 0.5) is 0 Å². The van der Waals surface area contributed by atoms with Crippen LogP contribution in [0.3, 0.4) is 0 Å². The molecule has 2 aliphatic heterocycles. The Hall–Kier alpha value is -2.72. The molecular weight excluding hydrogens is 288 g/mol. The third-order valence-electron chi connectivity index (χ3n) is 4.55. The third-order valence-corrected chi connectivity index (χ3v) is 4.55. The SMILES string of the molecule is c1ccc2c(c1)CN[C@@H](c1ccc3c(c1)OCO3)c1cccn1-2. The lowest BCUT2D eigenvalue weighted by Crippen LogP contribution is -2.21. The Morgan fingerprint density at radius 2 is 1.87 bits per heavy atom. The van der Waals surface area contributed by atoms with E-state index in [9.17, 15) is 0 Å². The van der Waals surface area contributed by atoms with Crippen LogP contribution in [0.25, 0.3) is 5.69 Å². The molecule has 0 aliphatic carbocycles. The van der Waals surface area contributed by atoms with Gasteiger partial charge < -0.3 is 19.4 Å². The molecule has 0 amide bonds. The zero-order valence-corrected chi connectivity index (χ0v) is 12.5. The summed E-state index contributed by atoms with van der Waals surface area (Å²) in [5.74, 6) is 1.64. The minimum Gasteiger partial charge on any atom is -0.454 e. The average Bonchev–Trinajstić information content (AvgIpc) is 3.22. The zero-order valence-electron chi connectivity index (χ0n) is 12.5. The summed E-state index contributed by atoms with van der Waals surface area (Å²) in [5, 5.41) is 3.67. The van der Waals surface area contributed by atoms with Crippen molar-refractivity contribution >= 4 is 0 Å². The molecule has 0 unspecified atom stereocenters. The molecule has 23 heavy (non-hydrogen) atoms.